The third-order valence-electron chi connectivity index (χ3n) is 3.06. The molecule has 2 aromatic rings. The molecule has 0 aliphatic rings. The smallest absolute Gasteiger partial charge is 0.189 e. The zero-order chi connectivity index (χ0) is 14.7. The Bertz CT molecular complexity index is 654. The van der Waals surface area contributed by atoms with Crippen LogP contribution < -0.4 is 0 Å². The van der Waals surface area contributed by atoms with Crippen LogP contribution >= 0.6 is 15.9 Å². The highest BCUT2D eigenvalue weighted by Crippen LogP contribution is 2.18. The number of rotatable bonds is 5. The van der Waals surface area contributed by atoms with Crippen LogP contribution in [0.1, 0.15) is 35.6 Å². The molecule has 0 aromatic carbocycles. The molecule has 0 saturated heterocycles. The lowest BCUT2D eigenvalue weighted by Crippen LogP contribution is -2.00. The lowest BCUT2D eigenvalue weighted by Gasteiger charge is -1.99. The first-order valence-corrected chi connectivity index (χ1v) is 7.33. The first kappa shape index (κ1) is 14.7. The van der Waals surface area contributed by atoms with Crippen molar-refractivity contribution >= 4 is 27.8 Å². The first-order chi connectivity index (χ1) is 9.56. The molecule has 0 bridgehead atoms. The van der Waals surface area contributed by atoms with Crippen LogP contribution in [0.3, 0.4) is 0 Å². The molecule has 0 aliphatic heterocycles. The Morgan fingerprint density at radius 2 is 2.15 bits per heavy atom. The molecule has 0 saturated carbocycles. The van der Waals surface area contributed by atoms with Gasteiger partial charge in [-0.1, -0.05) is 0 Å². The maximum atomic E-state index is 12.2. The fourth-order valence-corrected chi connectivity index (χ4v) is 2.38. The molecule has 0 unspecified atom stereocenters. The van der Waals surface area contributed by atoms with Gasteiger partial charge in [-0.15, -0.1) is 0 Å². The zero-order valence-electron chi connectivity index (χ0n) is 11.8. The van der Waals surface area contributed by atoms with E-state index in [1.807, 2.05) is 25.5 Å². The molecule has 0 aliphatic carbocycles. The molecule has 20 heavy (non-hydrogen) atoms. The second-order valence-electron chi connectivity index (χ2n) is 4.37. The highest BCUT2D eigenvalue weighted by atomic mass is 79.9. The SMILES string of the molecule is CCn1cc(C(=O)/C=C/c2c(Br)cnn2CC)c(C)n1. The topological polar surface area (TPSA) is 52.7 Å². The second-order valence-corrected chi connectivity index (χ2v) is 5.23. The fourth-order valence-electron chi connectivity index (χ4n) is 1.96. The van der Waals surface area contributed by atoms with Crippen molar-refractivity contribution in [1.29, 1.82) is 0 Å². The summed E-state index contributed by atoms with van der Waals surface area (Å²) in [6.45, 7) is 7.36. The molecule has 0 amide bonds. The molecule has 0 radical (unpaired) electrons. The molecule has 0 fully saturated rings. The van der Waals surface area contributed by atoms with E-state index in [2.05, 4.69) is 26.1 Å². The van der Waals surface area contributed by atoms with Gasteiger partial charge in [0.2, 0.25) is 0 Å². The van der Waals surface area contributed by atoms with Crippen LogP contribution in [-0.4, -0.2) is 25.3 Å². The van der Waals surface area contributed by atoms with Crippen molar-refractivity contribution < 1.29 is 4.79 Å². The van der Waals surface area contributed by atoms with Gasteiger partial charge in [0.25, 0.3) is 0 Å². The quantitative estimate of drug-likeness (QED) is 0.622. The molecule has 106 valence electrons. The van der Waals surface area contributed by atoms with Crippen LogP contribution in [0, 0.1) is 6.92 Å². The molecule has 2 rings (SSSR count). The summed E-state index contributed by atoms with van der Waals surface area (Å²) in [5.41, 5.74) is 2.28. The van der Waals surface area contributed by atoms with Crippen molar-refractivity contribution in [3.8, 4) is 0 Å². The van der Waals surface area contributed by atoms with Gasteiger partial charge in [-0.3, -0.25) is 14.2 Å². The van der Waals surface area contributed by atoms with Crippen molar-refractivity contribution in [2.75, 3.05) is 0 Å². The Labute approximate surface area is 126 Å². The normalized spacial score (nSPS) is 11.4. The monoisotopic (exact) mass is 336 g/mol. The zero-order valence-corrected chi connectivity index (χ0v) is 13.4. The van der Waals surface area contributed by atoms with Crippen molar-refractivity contribution in [2.24, 2.45) is 0 Å². The van der Waals surface area contributed by atoms with Crippen LogP contribution in [0.4, 0.5) is 0 Å². The summed E-state index contributed by atoms with van der Waals surface area (Å²) in [6.07, 6.45) is 6.87. The van der Waals surface area contributed by atoms with E-state index in [0.717, 1.165) is 29.0 Å². The average molecular weight is 337 g/mol. The molecular formula is C14H17BrN4O. The Morgan fingerprint density at radius 3 is 2.75 bits per heavy atom. The third kappa shape index (κ3) is 2.90. The number of hydrogen-bond donors (Lipinski definition) is 0. The van der Waals surface area contributed by atoms with E-state index in [1.54, 1.807) is 29.2 Å². The number of nitrogens with zero attached hydrogens (tertiary/aromatic N) is 4. The van der Waals surface area contributed by atoms with E-state index in [9.17, 15) is 4.79 Å². The van der Waals surface area contributed by atoms with Gasteiger partial charge in [0, 0.05) is 19.3 Å². The fraction of sp³-hybridized carbons (Fsp3) is 0.357. The number of hydrogen-bond acceptors (Lipinski definition) is 3. The predicted octanol–water partition coefficient (Wildman–Crippen LogP) is 3.09. The van der Waals surface area contributed by atoms with Gasteiger partial charge in [-0.05, 0) is 48.9 Å². The van der Waals surface area contributed by atoms with Crippen LogP contribution in [0.25, 0.3) is 6.08 Å². The van der Waals surface area contributed by atoms with Crippen molar-refractivity contribution in [1.82, 2.24) is 19.6 Å². The summed E-state index contributed by atoms with van der Waals surface area (Å²) in [4.78, 5) is 12.2. The van der Waals surface area contributed by atoms with Gasteiger partial charge in [0.15, 0.2) is 5.78 Å². The third-order valence-corrected chi connectivity index (χ3v) is 3.67. The summed E-state index contributed by atoms with van der Waals surface area (Å²) in [5.74, 6) is -0.0436. The molecular weight excluding hydrogens is 320 g/mol. The molecule has 6 heteroatoms. The molecule has 2 aromatic heterocycles. The molecule has 0 N–H and O–H groups in total. The van der Waals surface area contributed by atoms with Gasteiger partial charge < -0.3 is 0 Å². The number of aromatic nitrogens is 4. The Balaban J connectivity index is 2.24. The van der Waals surface area contributed by atoms with Gasteiger partial charge in [0.1, 0.15) is 0 Å². The highest BCUT2D eigenvalue weighted by Gasteiger charge is 2.11. The van der Waals surface area contributed by atoms with Crippen LogP contribution in [0.5, 0.6) is 0 Å². The molecule has 0 spiro atoms. The average Bonchev–Trinajstić information content (AvgIpc) is 2.99. The van der Waals surface area contributed by atoms with Crippen LogP contribution in [0.2, 0.25) is 0 Å². The van der Waals surface area contributed by atoms with Crippen LogP contribution in [-0.2, 0) is 13.1 Å². The molecule has 2 heterocycles. The van der Waals surface area contributed by atoms with Crippen molar-refractivity contribution in [2.45, 2.75) is 33.9 Å². The number of allylic oxidation sites excluding steroid dienone is 1. The highest BCUT2D eigenvalue weighted by molar-refractivity contribution is 9.10. The Morgan fingerprint density at radius 1 is 1.40 bits per heavy atom. The maximum Gasteiger partial charge on any atom is 0.189 e. The van der Waals surface area contributed by atoms with E-state index in [1.165, 1.54) is 0 Å². The summed E-state index contributed by atoms with van der Waals surface area (Å²) in [5, 5.41) is 8.49. The van der Waals surface area contributed by atoms with Gasteiger partial charge >= 0.3 is 0 Å². The van der Waals surface area contributed by atoms with E-state index in [0.29, 0.717) is 5.56 Å². The minimum atomic E-state index is -0.0436. The number of aryl methyl sites for hydroxylation is 3. The molecule has 5 nitrogen and oxygen atoms in total. The summed E-state index contributed by atoms with van der Waals surface area (Å²) in [7, 11) is 0. The molecule has 0 atom stereocenters. The van der Waals surface area contributed by atoms with E-state index in [-0.39, 0.29) is 5.78 Å². The number of carbonyl (C=O) groups excluding carboxylic acids is 1. The van der Waals surface area contributed by atoms with E-state index >= 15 is 0 Å². The van der Waals surface area contributed by atoms with E-state index < -0.39 is 0 Å². The van der Waals surface area contributed by atoms with Crippen molar-refractivity contribution in [3.05, 3.63) is 39.9 Å². The predicted molar refractivity (Wildman–Crippen MR) is 81.6 cm³/mol. The maximum absolute atomic E-state index is 12.2. The Kier molecular flexibility index (Phi) is 4.54. The number of carbonyl (C=O) groups is 1. The van der Waals surface area contributed by atoms with E-state index in [4.69, 9.17) is 0 Å². The van der Waals surface area contributed by atoms with Gasteiger partial charge in [0.05, 0.1) is 27.6 Å². The number of ketones is 1. The Hall–Kier alpha value is -1.69. The minimum Gasteiger partial charge on any atom is -0.289 e. The van der Waals surface area contributed by atoms with Gasteiger partial charge in [-0.2, -0.15) is 10.2 Å². The lowest BCUT2D eigenvalue weighted by molar-refractivity contribution is 0.104. The minimum absolute atomic E-state index is 0.0436. The number of halogens is 1. The first-order valence-electron chi connectivity index (χ1n) is 6.54. The summed E-state index contributed by atoms with van der Waals surface area (Å²) >= 11 is 3.43. The summed E-state index contributed by atoms with van der Waals surface area (Å²) < 4.78 is 4.48. The van der Waals surface area contributed by atoms with Gasteiger partial charge in [-0.25, -0.2) is 0 Å². The standard InChI is InChI=1S/C14H17BrN4O/c1-4-18-9-11(10(3)17-18)14(20)7-6-13-12(15)8-16-19(13)5-2/h6-9H,4-5H2,1-3H3/b7-6+. The lowest BCUT2D eigenvalue weighted by atomic mass is 10.1. The van der Waals surface area contributed by atoms with Crippen molar-refractivity contribution in [3.63, 3.8) is 0 Å². The summed E-state index contributed by atoms with van der Waals surface area (Å²) in [6, 6.07) is 0. The second kappa shape index (κ2) is 6.17. The largest absolute Gasteiger partial charge is 0.289 e. The van der Waals surface area contributed by atoms with Crippen LogP contribution in [0.15, 0.2) is 22.9 Å².